The molecule has 108 valence electrons. The molecule has 4 heteroatoms. The Hall–Kier alpha value is -2.49. The normalized spacial score (nSPS) is 10.8. The van der Waals surface area contributed by atoms with Crippen LogP contribution in [0, 0.1) is 13.8 Å². The molecule has 0 spiro atoms. The van der Waals surface area contributed by atoms with Crippen molar-refractivity contribution in [2.24, 2.45) is 0 Å². The van der Waals surface area contributed by atoms with Crippen molar-refractivity contribution in [3.63, 3.8) is 0 Å². The average Bonchev–Trinajstić information content (AvgIpc) is 2.85. The average molecular weight is 282 g/mol. The molecule has 0 saturated heterocycles. The minimum absolute atomic E-state index is 0.417. The van der Waals surface area contributed by atoms with E-state index in [0.29, 0.717) is 6.61 Å². The Bertz CT molecular complexity index is 757. The second kappa shape index (κ2) is 5.48. The fourth-order valence-electron chi connectivity index (χ4n) is 2.40. The number of aromatic nitrogens is 2. The first-order valence-corrected chi connectivity index (χ1v) is 6.88. The van der Waals surface area contributed by atoms with Crippen LogP contribution in [0.15, 0.2) is 36.4 Å². The summed E-state index contributed by atoms with van der Waals surface area (Å²) in [4.78, 5) is 7.77. The van der Waals surface area contributed by atoms with Crippen LogP contribution < -0.4 is 9.47 Å². The van der Waals surface area contributed by atoms with Gasteiger partial charge in [0.15, 0.2) is 0 Å². The number of aryl methyl sites for hydroxylation is 2. The lowest BCUT2D eigenvalue weighted by Gasteiger charge is -2.06. The van der Waals surface area contributed by atoms with Gasteiger partial charge in [-0.15, -0.1) is 0 Å². The third-order valence-electron chi connectivity index (χ3n) is 3.31. The number of H-pyrrole nitrogens is 1. The maximum Gasteiger partial charge on any atom is 0.146 e. The van der Waals surface area contributed by atoms with Crippen molar-refractivity contribution >= 4 is 11.0 Å². The molecule has 1 heterocycles. The Morgan fingerprint density at radius 2 is 1.76 bits per heavy atom. The van der Waals surface area contributed by atoms with Crippen molar-refractivity contribution in [3.05, 3.63) is 53.3 Å². The van der Waals surface area contributed by atoms with Crippen LogP contribution in [0.3, 0.4) is 0 Å². The van der Waals surface area contributed by atoms with Crippen molar-refractivity contribution in [2.75, 3.05) is 7.11 Å². The summed E-state index contributed by atoms with van der Waals surface area (Å²) in [6, 6.07) is 11.9. The molecule has 0 radical (unpaired) electrons. The number of ether oxygens (including phenoxy) is 2. The summed E-state index contributed by atoms with van der Waals surface area (Å²) in [5.41, 5.74) is 4.25. The fourth-order valence-corrected chi connectivity index (χ4v) is 2.40. The van der Waals surface area contributed by atoms with Gasteiger partial charge in [-0.3, -0.25) is 0 Å². The maximum atomic E-state index is 5.81. The zero-order chi connectivity index (χ0) is 14.8. The number of nitrogens with zero attached hydrogens (tertiary/aromatic N) is 1. The second-order valence-corrected chi connectivity index (χ2v) is 5.18. The molecule has 0 fully saturated rings. The first-order chi connectivity index (χ1) is 10.1. The molecule has 0 unspecified atom stereocenters. The van der Waals surface area contributed by atoms with Gasteiger partial charge in [0.1, 0.15) is 23.9 Å². The van der Waals surface area contributed by atoms with Crippen molar-refractivity contribution in [1.29, 1.82) is 0 Å². The van der Waals surface area contributed by atoms with Crippen molar-refractivity contribution in [3.8, 4) is 11.5 Å². The van der Waals surface area contributed by atoms with E-state index in [1.807, 2.05) is 30.3 Å². The van der Waals surface area contributed by atoms with Crippen LogP contribution >= 0.6 is 0 Å². The van der Waals surface area contributed by atoms with E-state index in [0.717, 1.165) is 28.4 Å². The van der Waals surface area contributed by atoms with E-state index in [4.69, 9.17) is 9.47 Å². The Labute approximate surface area is 123 Å². The number of rotatable bonds is 4. The Kier molecular flexibility index (Phi) is 3.52. The van der Waals surface area contributed by atoms with Crippen LogP contribution in [0.25, 0.3) is 11.0 Å². The molecule has 2 aromatic carbocycles. The quantitative estimate of drug-likeness (QED) is 0.792. The highest BCUT2D eigenvalue weighted by Crippen LogP contribution is 2.20. The topological polar surface area (TPSA) is 47.1 Å². The standard InChI is InChI=1S/C17H18N2O2/c1-11-6-12(2)8-14(7-11)21-10-17-18-15-5-4-13(20-3)9-16(15)19-17/h4-9H,10H2,1-3H3,(H,18,19). The smallest absolute Gasteiger partial charge is 0.146 e. The van der Waals surface area contributed by atoms with Crippen molar-refractivity contribution < 1.29 is 9.47 Å². The number of hydrogen-bond donors (Lipinski definition) is 1. The monoisotopic (exact) mass is 282 g/mol. The molecule has 0 aliphatic rings. The van der Waals surface area contributed by atoms with E-state index < -0.39 is 0 Å². The minimum Gasteiger partial charge on any atom is -0.497 e. The predicted molar refractivity (Wildman–Crippen MR) is 82.9 cm³/mol. The van der Waals surface area contributed by atoms with Gasteiger partial charge in [-0.2, -0.15) is 0 Å². The highest BCUT2D eigenvalue weighted by Gasteiger charge is 2.05. The van der Waals surface area contributed by atoms with E-state index in [-0.39, 0.29) is 0 Å². The molecule has 0 amide bonds. The summed E-state index contributed by atoms with van der Waals surface area (Å²) in [6.07, 6.45) is 0. The lowest BCUT2D eigenvalue weighted by Crippen LogP contribution is -1.98. The molecule has 0 saturated carbocycles. The summed E-state index contributed by atoms with van der Waals surface area (Å²) >= 11 is 0. The van der Waals surface area contributed by atoms with Crippen molar-refractivity contribution in [1.82, 2.24) is 9.97 Å². The molecule has 3 rings (SSSR count). The largest absolute Gasteiger partial charge is 0.497 e. The number of nitrogens with one attached hydrogen (secondary N) is 1. The summed E-state index contributed by atoms with van der Waals surface area (Å²) in [5, 5.41) is 0. The first kappa shape index (κ1) is 13.5. The molecule has 0 aliphatic heterocycles. The van der Waals surface area contributed by atoms with Crippen LogP contribution in [-0.2, 0) is 6.61 Å². The number of hydrogen-bond acceptors (Lipinski definition) is 3. The van der Waals surface area contributed by atoms with Gasteiger partial charge in [0, 0.05) is 6.07 Å². The molecule has 0 atom stereocenters. The van der Waals surface area contributed by atoms with Crippen molar-refractivity contribution in [2.45, 2.75) is 20.5 Å². The van der Waals surface area contributed by atoms with Gasteiger partial charge in [0.25, 0.3) is 0 Å². The predicted octanol–water partition coefficient (Wildman–Crippen LogP) is 3.77. The molecule has 1 N–H and O–H groups in total. The van der Waals surface area contributed by atoms with Gasteiger partial charge in [-0.1, -0.05) is 6.07 Å². The summed E-state index contributed by atoms with van der Waals surface area (Å²) in [7, 11) is 1.65. The summed E-state index contributed by atoms with van der Waals surface area (Å²) in [5.74, 6) is 2.48. The van der Waals surface area contributed by atoms with E-state index in [9.17, 15) is 0 Å². The molecule has 0 bridgehead atoms. The molecule has 4 nitrogen and oxygen atoms in total. The second-order valence-electron chi connectivity index (χ2n) is 5.18. The lowest BCUT2D eigenvalue weighted by atomic mass is 10.1. The Balaban J connectivity index is 1.78. The van der Waals surface area contributed by atoms with Crippen LogP contribution in [0.5, 0.6) is 11.5 Å². The molecule has 0 aliphatic carbocycles. The number of methoxy groups -OCH3 is 1. The van der Waals surface area contributed by atoms with Gasteiger partial charge in [-0.05, 0) is 49.2 Å². The Morgan fingerprint density at radius 3 is 2.48 bits per heavy atom. The highest BCUT2D eigenvalue weighted by molar-refractivity contribution is 5.76. The highest BCUT2D eigenvalue weighted by atomic mass is 16.5. The zero-order valence-corrected chi connectivity index (χ0v) is 12.4. The van der Waals surface area contributed by atoms with E-state index in [1.54, 1.807) is 7.11 Å². The van der Waals surface area contributed by atoms with Crippen LogP contribution in [0.4, 0.5) is 0 Å². The molecule has 1 aromatic heterocycles. The number of aromatic amines is 1. The van der Waals surface area contributed by atoms with E-state index in [1.165, 1.54) is 11.1 Å². The van der Waals surface area contributed by atoms with Gasteiger partial charge < -0.3 is 14.5 Å². The van der Waals surface area contributed by atoms with E-state index in [2.05, 4.69) is 29.9 Å². The number of fused-ring (bicyclic) bond motifs is 1. The van der Waals surface area contributed by atoms with Crippen LogP contribution in [0.1, 0.15) is 17.0 Å². The third-order valence-corrected chi connectivity index (χ3v) is 3.31. The number of imidazole rings is 1. The molecular weight excluding hydrogens is 264 g/mol. The third kappa shape index (κ3) is 2.99. The fraction of sp³-hybridized carbons (Fsp3) is 0.235. The van der Waals surface area contributed by atoms with Crippen LogP contribution in [-0.4, -0.2) is 17.1 Å². The SMILES string of the molecule is COc1ccc2nc(COc3cc(C)cc(C)c3)[nH]c2c1. The summed E-state index contributed by atoms with van der Waals surface area (Å²) in [6.45, 7) is 4.54. The lowest BCUT2D eigenvalue weighted by molar-refractivity contribution is 0.297. The van der Waals surface area contributed by atoms with E-state index >= 15 is 0 Å². The first-order valence-electron chi connectivity index (χ1n) is 6.88. The molecule has 3 aromatic rings. The molecule has 21 heavy (non-hydrogen) atoms. The minimum atomic E-state index is 0.417. The van der Waals surface area contributed by atoms with Gasteiger partial charge >= 0.3 is 0 Å². The number of benzene rings is 2. The van der Waals surface area contributed by atoms with Gasteiger partial charge in [0.05, 0.1) is 18.1 Å². The Morgan fingerprint density at radius 1 is 1.00 bits per heavy atom. The van der Waals surface area contributed by atoms with Crippen LogP contribution in [0.2, 0.25) is 0 Å². The maximum absolute atomic E-state index is 5.81. The van der Waals surface area contributed by atoms with Gasteiger partial charge in [0.2, 0.25) is 0 Å². The zero-order valence-electron chi connectivity index (χ0n) is 12.4. The molecular formula is C17H18N2O2. The van der Waals surface area contributed by atoms with Gasteiger partial charge in [-0.25, -0.2) is 4.98 Å². The summed E-state index contributed by atoms with van der Waals surface area (Å²) < 4.78 is 11.0.